The van der Waals surface area contributed by atoms with Gasteiger partial charge < -0.3 is 0 Å². The van der Waals surface area contributed by atoms with Crippen LogP contribution in [0.1, 0.15) is 35.9 Å². The molecule has 0 unspecified atom stereocenters. The Morgan fingerprint density at radius 2 is 1.88 bits per heavy atom. The third kappa shape index (κ3) is 4.11. The molecule has 0 aliphatic carbocycles. The van der Waals surface area contributed by atoms with Crippen molar-refractivity contribution in [1.82, 2.24) is 35.0 Å². The predicted molar refractivity (Wildman–Crippen MR) is 119 cm³/mol. The molecule has 4 aromatic rings. The highest BCUT2D eigenvalue weighted by molar-refractivity contribution is 5.80. The molecule has 9 heteroatoms. The van der Waals surface area contributed by atoms with Gasteiger partial charge in [0, 0.05) is 24.8 Å². The summed E-state index contributed by atoms with van der Waals surface area (Å²) in [5.41, 5.74) is 3.26. The average molecular weight is 427 g/mol. The Morgan fingerprint density at radius 3 is 2.53 bits per heavy atom. The van der Waals surface area contributed by atoms with Crippen LogP contribution in [0.15, 0.2) is 53.3 Å². The van der Waals surface area contributed by atoms with Crippen LogP contribution in [0.25, 0.3) is 22.5 Å². The van der Waals surface area contributed by atoms with E-state index in [-0.39, 0.29) is 12.3 Å². The van der Waals surface area contributed by atoms with E-state index >= 15 is 0 Å². The van der Waals surface area contributed by atoms with Crippen LogP contribution < -0.4 is 5.69 Å². The Morgan fingerprint density at radius 1 is 1.12 bits per heavy atom. The van der Waals surface area contributed by atoms with Gasteiger partial charge in [-0.15, -0.1) is 32.3 Å². The molecular weight excluding hydrogens is 406 g/mol. The summed E-state index contributed by atoms with van der Waals surface area (Å²) in [6.45, 7) is 1.99. The topological polar surface area (TPSA) is 111 Å². The van der Waals surface area contributed by atoms with E-state index in [0.717, 1.165) is 26.9 Å². The average Bonchev–Trinajstić information content (AvgIpc) is 3.47. The molecular formula is C23H21N7O2. The van der Waals surface area contributed by atoms with Gasteiger partial charge in [-0.05, 0) is 21.9 Å². The molecule has 0 fully saturated rings. The molecule has 0 atom stereocenters. The largest absolute Gasteiger partial charge is 0.353 e. The number of nitrogens with one attached hydrogen (secondary N) is 1. The molecule has 2 heterocycles. The molecule has 0 spiro atoms. The fraction of sp³-hybridized carbons (Fsp3) is 0.217. The van der Waals surface area contributed by atoms with Crippen LogP contribution in [0.2, 0.25) is 0 Å². The van der Waals surface area contributed by atoms with Crippen LogP contribution in [-0.2, 0) is 13.0 Å². The number of H-pyrrole nitrogens is 1. The summed E-state index contributed by atoms with van der Waals surface area (Å²) in [6, 6.07) is 15.6. The van der Waals surface area contributed by atoms with E-state index in [0.29, 0.717) is 31.0 Å². The number of carbonyl (C=O) groups excluding carboxylic acids is 1. The number of aromatic amines is 1. The molecule has 0 aliphatic heterocycles. The molecule has 4 rings (SSSR count). The molecule has 2 aromatic carbocycles. The first-order chi connectivity index (χ1) is 15.6. The SMILES string of the molecule is C#CCCc1nn(C(=O)CC)c(=O)n1Cc1ccc(-c2ccccc2-c2nn[nH]n2)cc1. The van der Waals surface area contributed by atoms with Crippen LogP contribution in [0, 0.1) is 12.3 Å². The Kier molecular flexibility index (Phi) is 6.03. The van der Waals surface area contributed by atoms with Crippen molar-refractivity contribution >= 4 is 5.91 Å². The molecule has 0 saturated carbocycles. The zero-order valence-electron chi connectivity index (χ0n) is 17.5. The van der Waals surface area contributed by atoms with Gasteiger partial charge in [0.2, 0.25) is 5.82 Å². The summed E-state index contributed by atoms with van der Waals surface area (Å²) in [4.78, 5) is 24.9. The number of hydrogen-bond donors (Lipinski definition) is 1. The van der Waals surface area contributed by atoms with E-state index in [9.17, 15) is 9.59 Å². The van der Waals surface area contributed by atoms with E-state index < -0.39 is 5.69 Å². The van der Waals surface area contributed by atoms with Gasteiger partial charge in [0.1, 0.15) is 5.82 Å². The lowest BCUT2D eigenvalue weighted by atomic mass is 9.98. The Bertz CT molecular complexity index is 1330. The summed E-state index contributed by atoms with van der Waals surface area (Å²) in [6.07, 6.45) is 6.43. The number of terminal acetylenes is 1. The highest BCUT2D eigenvalue weighted by Gasteiger charge is 2.17. The fourth-order valence-corrected chi connectivity index (χ4v) is 3.45. The number of aromatic nitrogens is 7. The quantitative estimate of drug-likeness (QED) is 0.454. The van der Waals surface area contributed by atoms with Gasteiger partial charge in [0.05, 0.1) is 6.54 Å². The van der Waals surface area contributed by atoms with Gasteiger partial charge in [-0.3, -0.25) is 9.36 Å². The van der Waals surface area contributed by atoms with Crippen molar-refractivity contribution < 1.29 is 4.79 Å². The maximum atomic E-state index is 12.8. The first-order valence-corrected chi connectivity index (χ1v) is 10.2. The Hall–Kier alpha value is -4.32. The van der Waals surface area contributed by atoms with Crippen molar-refractivity contribution in [2.75, 3.05) is 0 Å². The van der Waals surface area contributed by atoms with Crippen molar-refractivity contribution in [1.29, 1.82) is 0 Å². The van der Waals surface area contributed by atoms with Gasteiger partial charge in [0.15, 0.2) is 0 Å². The second-order valence-corrected chi connectivity index (χ2v) is 7.13. The minimum absolute atomic E-state index is 0.194. The van der Waals surface area contributed by atoms with Gasteiger partial charge in [0.25, 0.3) is 5.91 Å². The van der Waals surface area contributed by atoms with Crippen LogP contribution in [0.3, 0.4) is 0 Å². The second kappa shape index (κ2) is 9.22. The number of hydrogen-bond acceptors (Lipinski definition) is 6. The van der Waals surface area contributed by atoms with E-state index in [2.05, 4.69) is 31.6 Å². The predicted octanol–water partition coefficient (Wildman–Crippen LogP) is 2.56. The van der Waals surface area contributed by atoms with Crippen molar-refractivity contribution in [2.24, 2.45) is 0 Å². The van der Waals surface area contributed by atoms with Crippen molar-refractivity contribution in [3.05, 3.63) is 70.4 Å². The van der Waals surface area contributed by atoms with Crippen LogP contribution in [0.4, 0.5) is 0 Å². The molecule has 1 N–H and O–H groups in total. The smallest absolute Gasteiger partial charge is 0.274 e. The van der Waals surface area contributed by atoms with Crippen molar-refractivity contribution in [2.45, 2.75) is 32.7 Å². The van der Waals surface area contributed by atoms with Gasteiger partial charge in [-0.2, -0.15) is 5.21 Å². The third-order valence-corrected chi connectivity index (χ3v) is 5.09. The second-order valence-electron chi connectivity index (χ2n) is 7.13. The maximum absolute atomic E-state index is 12.8. The van der Waals surface area contributed by atoms with Crippen molar-refractivity contribution in [3.63, 3.8) is 0 Å². The maximum Gasteiger partial charge on any atom is 0.353 e. The highest BCUT2D eigenvalue weighted by Crippen LogP contribution is 2.29. The molecule has 2 aromatic heterocycles. The first kappa shape index (κ1) is 20.9. The molecule has 0 aliphatic rings. The molecule has 32 heavy (non-hydrogen) atoms. The number of nitrogens with zero attached hydrogens (tertiary/aromatic N) is 6. The monoisotopic (exact) mass is 427 g/mol. The zero-order chi connectivity index (χ0) is 22.5. The molecule has 160 valence electrons. The Labute approximate surface area is 184 Å². The lowest BCUT2D eigenvalue weighted by Gasteiger charge is -2.09. The minimum Gasteiger partial charge on any atom is -0.274 e. The zero-order valence-corrected chi connectivity index (χ0v) is 17.5. The van der Waals surface area contributed by atoms with Crippen LogP contribution in [0.5, 0.6) is 0 Å². The summed E-state index contributed by atoms with van der Waals surface area (Å²) in [5, 5.41) is 18.5. The van der Waals surface area contributed by atoms with Gasteiger partial charge in [-0.1, -0.05) is 55.5 Å². The standard InChI is InChI=1S/C23H21N7O2/c1-3-5-10-20-26-30(21(31)4-2)23(32)29(20)15-16-11-13-17(14-12-16)18-8-6-7-9-19(18)22-24-27-28-25-22/h1,6-9,11-14H,4-5,10,15H2,2H3,(H,24,25,27,28). The lowest BCUT2D eigenvalue weighted by molar-refractivity contribution is 0.0887. The van der Waals surface area contributed by atoms with Crippen molar-refractivity contribution in [3.8, 4) is 34.9 Å². The lowest BCUT2D eigenvalue weighted by Crippen LogP contribution is -2.30. The fourth-order valence-electron chi connectivity index (χ4n) is 3.45. The van der Waals surface area contributed by atoms with Gasteiger partial charge >= 0.3 is 5.69 Å². The minimum atomic E-state index is -0.449. The summed E-state index contributed by atoms with van der Waals surface area (Å²) in [7, 11) is 0. The summed E-state index contributed by atoms with van der Waals surface area (Å²) < 4.78 is 2.44. The molecule has 0 bridgehead atoms. The van der Waals surface area contributed by atoms with E-state index in [1.807, 2.05) is 48.5 Å². The number of rotatable bonds is 7. The first-order valence-electron chi connectivity index (χ1n) is 10.2. The van der Waals surface area contributed by atoms with Crippen LogP contribution in [-0.4, -0.2) is 40.9 Å². The number of carbonyl (C=O) groups is 1. The van der Waals surface area contributed by atoms with E-state index in [1.165, 1.54) is 4.57 Å². The molecule has 9 nitrogen and oxygen atoms in total. The number of tetrazole rings is 1. The number of benzene rings is 2. The van der Waals surface area contributed by atoms with Crippen LogP contribution >= 0.6 is 0 Å². The normalized spacial score (nSPS) is 10.8. The third-order valence-electron chi connectivity index (χ3n) is 5.09. The van der Waals surface area contributed by atoms with Gasteiger partial charge in [-0.25, -0.2) is 4.79 Å². The highest BCUT2D eigenvalue weighted by atomic mass is 16.2. The molecule has 0 radical (unpaired) electrons. The number of aryl methyl sites for hydroxylation is 1. The molecule has 0 saturated heterocycles. The summed E-state index contributed by atoms with van der Waals surface area (Å²) >= 11 is 0. The van der Waals surface area contributed by atoms with E-state index in [1.54, 1.807) is 6.92 Å². The molecule has 0 amide bonds. The summed E-state index contributed by atoms with van der Waals surface area (Å²) in [5.74, 6) is 3.23. The van der Waals surface area contributed by atoms with E-state index in [4.69, 9.17) is 6.42 Å². The Balaban J connectivity index is 1.65.